The molecule has 0 saturated carbocycles. The molecule has 6 nitrogen and oxygen atoms in total. The molecule has 0 bridgehead atoms. The number of imide groups is 1. The second-order valence-corrected chi connectivity index (χ2v) is 8.64. The summed E-state index contributed by atoms with van der Waals surface area (Å²) in [4.78, 5) is 26.8. The van der Waals surface area contributed by atoms with Crippen molar-refractivity contribution in [1.82, 2.24) is 0 Å². The molecule has 146 valence electrons. The molecule has 0 radical (unpaired) electrons. The lowest BCUT2D eigenvalue weighted by molar-refractivity contribution is 0.0926. The van der Waals surface area contributed by atoms with E-state index < -0.39 is 21.8 Å². The number of aryl methyl sites for hydroxylation is 2. The Labute approximate surface area is 168 Å². The molecule has 1 aliphatic heterocycles. The summed E-state index contributed by atoms with van der Waals surface area (Å²) < 4.78 is 27.7. The molecule has 4 rings (SSSR count). The van der Waals surface area contributed by atoms with Crippen molar-refractivity contribution in [3.63, 3.8) is 0 Å². The molecule has 0 aliphatic carbocycles. The van der Waals surface area contributed by atoms with Gasteiger partial charge in [-0.2, -0.15) is 0 Å². The zero-order chi connectivity index (χ0) is 20.8. The predicted molar refractivity (Wildman–Crippen MR) is 111 cm³/mol. The molecule has 3 aromatic carbocycles. The summed E-state index contributed by atoms with van der Waals surface area (Å²) in [5.41, 5.74) is 3.06. The monoisotopic (exact) mass is 406 g/mol. The summed E-state index contributed by atoms with van der Waals surface area (Å²) in [5, 5.41) is 0. The van der Waals surface area contributed by atoms with Crippen LogP contribution in [0.1, 0.15) is 31.8 Å². The molecule has 29 heavy (non-hydrogen) atoms. The summed E-state index contributed by atoms with van der Waals surface area (Å²) in [6.45, 7) is 3.78. The quantitative estimate of drug-likeness (QED) is 0.666. The van der Waals surface area contributed by atoms with Crippen LogP contribution in [0.2, 0.25) is 0 Å². The van der Waals surface area contributed by atoms with E-state index in [1.165, 1.54) is 30.3 Å². The SMILES string of the molecule is Cc1ccc(N2C(=O)c3ccc(NS(=O)(=O)c4ccc(C)cc4)cc3C2=O)cc1. The topological polar surface area (TPSA) is 83.6 Å². The average molecular weight is 406 g/mol. The maximum Gasteiger partial charge on any atom is 0.266 e. The standard InChI is InChI=1S/C22H18N2O4S/c1-14-3-8-17(9-4-14)24-21(25)19-12-7-16(13-20(19)22(24)26)23-29(27,28)18-10-5-15(2)6-11-18/h3-13,23H,1-2H3. The number of benzene rings is 3. The van der Waals surface area contributed by atoms with E-state index in [4.69, 9.17) is 0 Å². The highest BCUT2D eigenvalue weighted by molar-refractivity contribution is 7.92. The van der Waals surface area contributed by atoms with Gasteiger partial charge in [0.25, 0.3) is 21.8 Å². The number of carbonyl (C=O) groups is 2. The minimum absolute atomic E-state index is 0.118. The summed E-state index contributed by atoms with van der Waals surface area (Å²) in [6, 6.07) is 17.8. The van der Waals surface area contributed by atoms with Gasteiger partial charge in [0.15, 0.2) is 0 Å². The molecule has 7 heteroatoms. The molecule has 1 N–H and O–H groups in total. The van der Waals surface area contributed by atoms with Crippen molar-refractivity contribution < 1.29 is 18.0 Å². The van der Waals surface area contributed by atoms with Crippen LogP contribution in [0.4, 0.5) is 11.4 Å². The van der Waals surface area contributed by atoms with Crippen LogP contribution in [-0.4, -0.2) is 20.2 Å². The molecule has 2 amide bonds. The maximum absolute atomic E-state index is 12.8. The maximum atomic E-state index is 12.8. The minimum Gasteiger partial charge on any atom is -0.280 e. The molecule has 1 aliphatic rings. The molecular formula is C22H18N2O4S. The lowest BCUT2D eigenvalue weighted by Crippen LogP contribution is -2.29. The first-order chi connectivity index (χ1) is 13.8. The Morgan fingerprint density at radius 2 is 1.28 bits per heavy atom. The number of fused-ring (bicyclic) bond motifs is 1. The van der Waals surface area contributed by atoms with Crippen LogP contribution in [0.15, 0.2) is 71.6 Å². The number of amides is 2. The Hall–Kier alpha value is -3.45. The molecule has 0 unspecified atom stereocenters. The third-order valence-electron chi connectivity index (χ3n) is 4.76. The molecule has 0 fully saturated rings. The number of rotatable bonds is 4. The number of nitrogens with one attached hydrogen (secondary N) is 1. The lowest BCUT2D eigenvalue weighted by Gasteiger charge is -2.13. The Balaban J connectivity index is 1.65. The number of hydrogen-bond acceptors (Lipinski definition) is 4. The zero-order valence-corrected chi connectivity index (χ0v) is 16.7. The van der Waals surface area contributed by atoms with Crippen molar-refractivity contribution in [2.45, 2.75) is 18.7 Å². The molecular weight excluding hydrogens is 388 g/mol. The van der Waals surface area contributed by atoms with Gasteiger partial charge in [0.1, 0.15) is 0 Å². The summed E-state index contributed by atoms with van der Waals surface area (Å²) in [7, 11) is -3.81. The van der Waals surface area contributed by atoms with Crippen LogP contribution in [0.3, 0.4) is 0 Å². The molecule has 0 saturated heterocycles. The Bertz CT molecular complexity index is 1230. The van der Waals surface area contributed by atoms with E-state index in [1.54, 1.807) is 24.3 Å². The van der Waals surface area contributed by atoms with E-state index in [0.29, 0.717) is 5.69 Å². The van der Waals surface area contributed by atoms with Gasteiger partial charge < -0.3 is 0 Å². The van der Waals surface area contributed by atoms with Gasteiger partial charge in [0, 0.05) is 5.69 Å². The summed E-state index contributed by atoms with van der Waals surface area (Å²) >= 11 is 0. The molecule has 0 atom stereocenters. The van der Waals surface area contributed by atoms with Gasteiger partial charge in [-0.15, -0.1) is 0 Å². The number of hydrogen-bond donors (Lipinski definition) is 1. The Morgan fingerprint density at radius 3 is 1.90 bits per heavy atom. The first-order valence-corrected chi connectivity index (χ1v) is 10.4. The second kappa shape index (κ2) is 6.86. The zero-order valence-electron chi connectivity index (χ0n) is 15.8. The Morgan fingerprint density at radius 1 is 0.724 bits per heavy atom. The predicted octanol–water partition coefficient (Wildman–Crippen LogP) is 3.90. The lowest BCUT2D eigenvalue weighted by atomic mass is 10.1. The Kier molecular flexibility index (Phi) is 4.47. The van der Waals surface area contributed by atoms with Crippen LogP contribution in [-0.2, 0) is 10.0 Å². The van der Waals surface area contributed by atoms with Gasteiger partial charge in [-0.1, -0.05) is 35.4 Å². The molecule has 1 heterocycles. The van der Waals surface area contributed by atoms with Crippen LogP contribution < -0.4 is 9.62 Å². The van der Waals surface area contributed by atoms with Gasteiger partial charge in [0.2, 0.25) is 0 Å². The van der Waals surface area contributed by atoms with Crippen molar-refractivity contribution in [2.24, 2.45) is 0 Å². The van der Waals surface area contributed by atoms with Crippen molar-refractivity contribution in [3.8, 4) is 0 Å². The van der Waals surface area contributed by atoms with Gasteiger partial charge >= 0.3 is 0 Å². The highest BCUT2D eigenvalue weighted by Gasteiger charge is 2.37. The van der Waals surface area contributed by atoms with Gasteiger partial charge in [0.05, 0.1) is 21.7 Å². The first kappa shape index (κ1) is 18.9. The van der Waals surface area contributed by atoms with E-state index >= 15 is 0 Å². The van der Waals surface area contributed by atoms with Crippen molar-refractivity contribution in [2.75, 3.05) is 9.62 Å². The average Bonchev–Trinajstić information content (AvgIpc) is 2.93. The number of nitrogens with zero attached hydrogens (tertiary/aromatic N) is 1. The molecule has 0 spiro atoms. The fraction of sp³-hybridized carbons (Fsp3) is 0.0909. The normalized spacial score (nSPS) is 13.5. The summed E-state index contributed by atoms with van der Waals surface area (Å²) in [6.07, 6.45) is 0. The minimum atomic E-state index is -3.81. The number of carbonyl (C=O) groups excluding carboxylic acids is 2. The highest BCUT2D eigenvalue weighted by atomic mass is 32.2. The van der Waals surface area contributed by atoms with Gasteiger partial charge in [-0.25, -0.2) is 13.3 Å². The fourth-order valence-electron chi connectivity index (χ4n) is 3.16. The third-order valence-corrected chi connectivity index (χ3v) is 6.16. The largest absolute Gasteiger partial charge is 0.280 e. The fourth-order valence-corrected chi connectivity index (χ4v) is 4.21. The number of sulfonamides is 1. The van der Waals surface area contributed by atoms with Crippen molar-refractivity contribution in [1.29, 1.82) is 0 Å². The second-order valence-electron chi connectivity index (χ2n) is 6.96. The smallest absolute Gasteiger partial charge is 0.266 e. The molecule has 3 aromatic rings. The number of anilines is 2. The highest BCUT2D eigenvalue weighted by Crippen LogP contribution is 2.31. The third kappa shape index (κ3) is 3.40. The van der Waals surface area contributed by atoms with E-state index in [9.17, 15) is 18.0 Å². The van der Waals surface area contributed by atoms with Crippen LogP contribution in [0, 0.1) is 13.8 Å². The van der Waals surface area contributed by atoms with Crippen LogP contribution in [0.5, 0.6) is 0 Å². The van der Waals surface area contributed by atoms with E-state index in [1.807, 2.05) is 26.0 Å². The molecule has 0 aromatic heterocycles. The van der Waals surface area contributed by atoms with Crippen molar-refractivity contribution in [3.05, 3.63) is 89.0 Å². The van der Waals surface area contributed by atoms with Gasteiger partial charge in [-0.05, 0) is 56.3 Å². The van der Waals surface area contributed by atoms with E-state index in [2.05, 4.69) is 4.72 Å². The van der Waals surface area contributed by atoms with Crippen LogP contribution >= 0.6 is 0 Å². The van der Waals surface area contributed by atoms with E-state index in [-0.39, 0.29) is 21.7 Å². The van der Waals surface area contributed by atoms with E-state index in [0.717, 1.165) is 16.0 Å². The van der Waals surface area contributed by atoms with Gasteiger partial charge in [-0.3, -0.25) is 14.3 Å². The first-order valence-electron chi connectivity index (χ1n) is 8.95. The van der Waals surface area contributed by atoms with Crippen molar-refractivity contribution >= 4 is 33.2 Å². The summed E-state index contributed by atoms with van der Waals surface area (Å²) in [5.74, 6) is -0.910. The van der Waals surface area contributed by atoms with Crippen LogP contribution in [0.25, 0.3) is 0 Å².